The number of rotatable bonds is 4. The van der Waals surface area contributed by atoms with Crippen LogP contribution in [0.3, 0.4) is 0 Å². The van der Waals surface area contributed by atoms with Gasteiger partial charge in [-0.25, -0.2) is 0 Å². The largest absolute Gasteiger partial charge is 0.481 e. The zero-order valence-electron chi connectivity index (χ0n) is 10.7. The number of benzene rings is 1. The van der Waals surface area contributed by atoms with Crippen molar-refractivity contribution in [2.45, 2.75) is 39.0 Å². The molecule has 1 aromatic rings. The third-order valence-corrected chi connectivity index (χ3v) is 2.61. The van der Waals surface area contributed by atoms with Crippen molar-refractivity contribution < 1.29 is 9.90 Å². The molecule has 0 spiro atoms. The van der Waals surface area contributed by atoms with Crippen molar-refractivity contribution in [1.29, 1.82) is 0 Å². The summed E-state index contributed by atoms with van der Waals surface area (Å²) in [6.45, 7) is 6.56. The van der Waals surface area contributed by atoms with Crippen LogP contribution in [0.25, 0.3) is 6.08 Å². The van der Waals surface area contributed by atoms with Crippen LogP contribution >= 0.6 is 0 Å². The van der Waals surface area contributed by atoms with Crippen LogP contribution in [0.4, 0.5) is 0 Å². The number of carboxylic acid groups (broad SMARTS) is 1. The van der Waals surface area contributed by atoms with E-state index in [4.69, 9.17) is 5.11 Å². The Morgan fingerprint density at radius 1 is 1.24 bits per heavy atom. The summed E-state index contributed by atoms with van der Waals surface area (Å²) in [6.07, 6.45) is 4.64. The Balaban J connectivity index is 2.60. The fourth-order valence-corrected chi connectivity index (χ4v) is 1.52. The second-order valence-corrected chi connectivity index (χ2v) is 5.21. The van der Waals surface area contributed by atoms with E-state index in [1.54, 1.807) is 0 Å². The van der Waals surface area contributed by atoms with E-state index in [0.717, 1.165) is 5.56 Å². The molecule has 0 heterocycles. The van der Waals surface area contributed by atoms with Gasteiger partial charge in [0.1, 0.15) is 0 Å². The van der Waals surface area contributed by atoms with Gasteiger partial charge in [0.2, 0.25) is 0 Å². The third kappa shape index (κ3) is 4.85. The van der Waals surface area contributed by atoms with Crippen molar-refractivity contribution in [3.8, 4) is 0 Å². The molecule has 0 saturated heterocycles. The van der Waals surface area contributed by atoms with Crippen LogP contribution in [-0.2, 0) is 10.2 Å². The first kappa shape index (κ1) is 13.5. The molecule has 0 radical (unpaired) electrons. The molecule has 0 atom stereocenters. The zero-order valence-corrected chi connectivity index (χ0v) is 10.7. The maximum absolute atomic E-state index is 10.3. The van der Waals surface area contributed by atoms with E-state index in [1.165, 1.54) is 5.56 Å². The summed E-state index contributed by atoms with van der Waals surface area (Å²) in [5, 5.41) is 8.50. The fraction of sp³-hybridized carbons (Fsp3) is 0.400. The molecule has 0 fully saturated rings. The lowest BCUT2D eigenvalue weighted by Gasteiger charge is -2.18. The highest BCUT2D eigenvalue weighted by molar-refractivity contribution is 5.67. The number of allylic oxidation sites excluding steroid dienone is 1. The van der Waals surface area contributed by atoms with Gasteiger partial charge < -0.3 is 5.11 Å². The van der Waals surface area contributed by atoms with Crippen LogP contribution in [0.2, 0.25) is 0 Å². The molecule has 0 amide bonds. The molecule has 17 heavy (non-hydrogen) atoms. The Morgan fingerprint density at radius 2 is 1.82 bits per heavy atom. The Morgan fingerprint density at radius 3 is 2.29 bits per heavy atom. The molecule has 0 aromatic heterocycles. The van der Waals surface area contributed by atoms with Crippen molar-refractivity contribution in [3.63, 3.8) is 0 Å². The minimum absolute atomic E-state index is 0.172. The maximum Gasteiger partial charge on any atom is 0.303 e. The Labute approximate surface area is 103 Å². The Bertz CT molecular complexity index is 394. The summed E-state index contributed by atoms with van der Waals surface area (Å²) in [7, 11) is 0. The van der Waals surface area contributed by atoms with Gasteiger partial charge in [-0.05, 0) is 23.0 Å². The minimum Gasteiger partial charge on any atom is -0.481 e. The quantitative estimate of drug-likeness (QED) is 0.855. The normalized spacial score (nSPS) is 11.9. The predicted octanol–water partition coefficient (Wildman–Crippen LogP) is 3.86. The van der Waals surface area contributed by atoms with Crippen LogP contribution in [0.15, 0.2) is 30.3 Å². The first-order chi connectivity index (χ1) is 7.89. The molecule has 1 rings (SSSR count). The van der Waals surface area contributed by atoms with Crippen LogP contribution in [0.1, 0.15) is 44.7 Å². The van der Waals surface area contributed by atoms with Gasteiger partial charge in [0.05, 0.1) is 0 Å². The van der Waals surface area contributed by atoms with Gasteiger partial charge in [-0.1, -0.05) is 57.2 Å². The third-order valence-electron chi connectivity index (χ3n) is 2.61. The molecule has 0 saturated carbocycles. The van der Waals surface area contributed by atoms with E-state index in [9.17, 15) is 4.79 Å². The number of aliphatic carboxylic acids is 1. The zero-order chi connectivity index (χ0) is 12.9. The van der Waals surface area contributed by atoms with E-state index in [1.807, 2.05) is 12.2 Å². The van der Waals surface area contributed by atoms with Gasteiger partial charge in [0.25, 0.3) is 0 Å². The fourth-order valence-electron chi connectivity index (χ4n) is 1.52. The molecule has 0 bridgehead atoms. The van der Waals surface area contributed by atoms with Gasteiger partial charge in [0.15, 0.2) is 0 Å². The average molecular weight is 232 g/mol. The van der Waals surface area contributed by atoms with Gasteiger partial charge in [-0.15, -0.1) is 0 Å². The monoisotopic (exact) mass is 232 g/mol. The summed E-state index contributed by atoms with van der Waals surface area (Å²) in [5.74, 6) is -0.752. The highest BCUT2D eigenvalue weighted by Crippen LogP contribution is 2.22. The average Bonchev–Trinajstić information content (AvgIpc) is 2.23. The second kappa shape index (κ2) is 5.67. The van der Waals surface area contributed by atoms with Crippen molar-refractivity contribution >= 4 is 12.0 Å². The SMILES string of the molecule is CC(C)(C)c1ccc(/C=C/CCC(=O)O)cc1. The van der Waals surface area contributed by atoms with Crippen LogP contribution < -0.4 is 0 Å². The van der Waals surface area contributed by atoms with E-state index < -0.39 is 5.97 Å². The van der Waals surface area contributed by atoms with Crippen molar-refractivity contribution in [3.05, 3.63) is 41.5 Å². The summed E-state index contributed by atoms with van der Waals surface area (Å²) in [4.78, 5) is 10.3. The smallest absolute Gasteiger partial charge is 0.303 e. The lowest BCUT2D eigenvalue weighted by molar-refractivity contribution is -0.136. The summed E-state index contributed by atoms with van der Waals surface area (Å²) in [5.41, 5.74) is 2.59. The van der Waals surface area contributed by atoms with E-state index in [2.05, 4.69) is 45.0 Å². The van der Waals surface area contributed by atoms with E-state index in [-0.39, 0.29) is 11.8 Å². The van der Waals surface area contributed by atoms with E-state index >= 15 is 0 Å². The maximum atomic E-state index is 10.3. The molecular formula is C15H20O2. The molecule has 0 aliphatic heterocycles. The summed E-state index contributed by atoms with van der Waals surface area (Å²) >= 11 is 0. The molecular weight excluding hydrogens is 212 g/mol. The minimum atomic E-state index is -0.752. The highest BCUT2D eigenvalue weighted by atomic mass is 16.4. The first-order valence-corrected chi connectivity index (χ1v) is 5.88. The van der Waals surface area contributed by atoms with Gasteiger partial charge in [-0.2, -0.15) is 0 Å². The van der Waals surface area contributed by atoms with Gasteiger partial charge in [0, 0.05) is 6.42 Å². The molecule has 2 heteroatoms. The van der Waals surface area contributed by atoms with Gasteiger partial charge in [-0.3, -0.25) is 4.79 Å². The topological polar surface area (TPSA) is 37.3 Å². The Kier molecular flexibility index (Phi) is 4.50. The van der Waals surface area contributed by atoms with Crippen LogP contribution in [0.5, 0.6) is 0 Å². The van der Waals surface area contributed by atoms with Crippen LogP contribution in [0, 0.1) is 0 Å². The second-order valence-electron chi connectivity index (χ2n) is 5.21. The summed E-state index contributed by atoms with van der Waals surface area (Å²) < 4.78 is 0. The van der Waals surface area contributed by atoms with E-state index in [0.29, 0.717) is 6.42 Å². The van der Waals surface area contributed by atoms with Crippen molar-refractivity contribution in [1.82, 2.24) is 0 Å². The highest BCUT2D eigenvalue weighted by Gasteiger charge is 2.12. The molecule has 1 N–H and O–H groups in total. The van der Waals surface area contributed by atoms with Crippen molar-refractivity contribution in [2.75, 3.05) is 0 Å². The Hall–Kier alpha value is -1.57. The molecule has 0 aliphatic carbocycles. The first-order valence-electron chi connectivity index (χ1n) is 5.88. The molecule has 2 nitrogen and oxygen atoms in total. The molecule has 0 aliphatic rings. The number of hydrogen-bond acceptors (Lipinski definition) is 1. The molecule has 0 unspecified atom stereocenters. The lowest BCUT2D eigenvalue weighted by Crippen LogP contribution is -2.10. The standard InChI is InChI=1S/C15H20O2/c1-15(2,3)13-10-8-12(9-11-13)6-4-5-7-14(16)17/h4,6,8-11H,5,7H2,1-3H3,(H,16,17)/b6-4+. The molecule has 1 aromatic carbocycles. The predicted molar refractivity (Wildman–Crippen MR) is 71.0 cm³/mol. The van der Waals surface area contributed by atoms with Crippen LogP contribution in [-0.4, -0.2) is 11.1 Å². The van der Waals surface area contributed by atoms with Gasteiger partial charge >= 0.3 is 5.97 Å². The van der Waals surface area contributed by atoms with Crippen molar-refractivity contribution in [2.24, 2.45) is 0 Å². The number of carbonyl (C=O) groups is 1. The lowest BCUT2D eigenvalue weighted by atomic mass is 9.87. The number of carboxylic acids is 1. The summed E-state index contributed by atoms with van der Waals surface area (Å²) in [6, 6.07) is 8.38. The molecule has 92 valence electrons. The number of hydrogen-bond donors (Lipinski definition) is 1.